The molecule has 2 aromatic rings. The molecule has 1 fully saturated rings. The second-order valence-electron chi connectivity index (χ2n) is 6.13. The summed E-state index contributed by atoms with van der Waals surface area (Å²) in [5, 5.41) is 16.0. The third kappa shape index (κ3) is 2.59. The zero-order valence-corrected chi connectivity index (χ0v) is 13.4. The highest BCUT2D eigenvalue weighted by Gasteiger charge is 2.39. The van der Waals surface area contributed by atoms with Crippen molar-refractivity contribution < 1.29 is 4.74 Å². The van der Waals surface area contributed by atoms with Crippen LogP contribution in [0.15, 0.2) is 24.3 Å². The minimum Gasteiger partial charge on any atom is -0.497 e. The van der Waals surface area contributed by atoms with Gasteiger partial charge in [0.15, 0.2) is 5.82 Å². The van der Waals surface area contributed by atoms with Crippen LogP contribution in [0.2, 0.25) is 0 Å². The highest BCUT2D eigenvalue weighted by Crippen LogP contribution is 2.38. The van der Waals surface area contributed by atoms with Crippen molar-refractivity contribution in [1.29, 1.82) is 0 Å². The average Bonchev–Trinajstić information content (AvgIpc) is 3.06. The Labute approximate surface area is 130 Å². The van der Waals surface area contributed by atoms with Crippen molar-refractivity contribution >= 4 is 0 Å². The molecule has 1 N–H and O–H groups in total. The van der Waals surface area contributed by atoms with E-state index in [9.17, 15) is 0 Å². The molecule has 1 heterocycles. The molecule has 1 aliphatic carbocycles. The Hall–Kier alpha value is -1.95. The Morgan fingerprint density at radius 2 is 2.09 bits per heavy atom. The van der Waals surface area contributed by atoms with E-state index in [1.807, 2.05) is 36.0 Å². The molecule has 0 atom stereocenters. The molecular weight excluding hydrogens is 278 g/mol. The lowest BCUT2D eigenvalue weighted by Gasteiger charge is -2.38. The van der Waals surface area contributed by atoms with E-state index in [1.54, 1.807) is 7.11 Å². The minimum atomic E-state index is -0.154. The van der Waals surface area contributed by atoms with Gasteiger partial charge in [-0.15, -0.1) is 5.10 Å². The molecular formula is C16H23N5O. The van der Waals surface area contributed by atoms with Gasteiger partial charge in [-0.2, -0.15) is 4.68 Å². The highest BCUT2D eigenvalue weighted by atomic mass is 16.5. The predicted octanol–water partition coefficient (Wildman–Crippen LogP) is 2.30. The lowest BCUT2D eigenvalue weighted by molar-refractivity contribution is 0.194. The number of nitrogens with one attached hydrogen (secondary N) is 1. The van der Waals surface area contributed by atoms with Gasteiger partial charge in [-0.1, -0.05) is 13.0 Å². The van der Waals surface area contributed by atoms with Crippen LogP contribution >= 0.6 is 0 Å². The number of aromatic nitrogens is 4. The summed E-state index contributed by atoms with van der Waals surface area (Å²) < 4.78 is 7.13. The summed E-state index contributed by atoms with van der Waals surface area (Å²) in [5.41, 5.74) is 0.770. The topological polar surface area (TPSA) is 64.9 Å². The summed E-state index contributed by atoms with van der Waals surface area (Å²) in [6.07, 6.45) is 4.47. The third-order valence-corrected chi connectivity index (χ3v) is 4.80. The molecule has 6 heteroatoms. The first kappa shape index (κ1) is 15.0. The average molecular weight is 301 g/mol. The van der Waals surface area contributed by atoms with E-state index in [2.05, 4.69) is 27.8 Å². The number of tetrazole rings is 1. The SMILES string of the molecule is CNC1(c2nnnn2-c2cccc(OC)c2)CCC(C)CC1. The van der Waals surface area contributed by atoms with E-state index >= 15 is 0 Å². The molecule has 1 aromatic carbocycles. The van der Waals surface area contributed by atoms with Crippen molar-refractivity contribution in [1.82, 2.24) is 25.5 Å². The van der Waals surface area contributed by atoms with Gasteiger partial charge in [-0.25, -0.2) is 0 Å². The minimum absolute atomic E-state index is 0.154. The Kier molecular flexibility index (Phi) is 4.11. The summed E-state index contributed by atoms with van der Waals surface area (Å²) >= 11 is 0. The number of methoxy groups -OCH3 is 1. The lowest BCUT2D eigenvalue weighted by atomic mass is 9.76. The highest BCUT2D eigenvalue weighted by molar-refractivity contribution is 5.39. The van der Waals surface area contributed by atoms with Crippen LogP contribution in [0.1, 0.15) is 38.4 Å². The van der Waals surface area contributed by atoms with Crippen molar-refractivity contribution in [3.05, 3.63) is 30.1 Å². The van der Waals surface area contributed by atoms with E-state index in [0.29, 0.717) is 0 Å². The zero-order valence-electron chi connectivity index (χ0n) is 13.4. The first-order chi connectivity index (χ1) is 10.7. The predicted molar refractivity (Wildman–Crippen MR) is 84.1 cm³/mol. The smallest absolute Gasteiger partial charge is 0.176 e. The fraction of sp³-hybridized carbons (Fsp3) is 0.562. The number of nitrogens with zero attached hydrogens (tertiary/aromatic N) is 4. The Morgan fingerprint density at radius 3 is 2.77 bits per heavy atom. The molecule has 1 saturated carbocycles. The van der Waals surface area contributed by atoms with Gasteiger partial charge >= 0.3 is 0 Å². The van der Waals surface area contributed by atoms with E-state index in [1.165, 1.54) is 12.8 Å². The monoisotopic (exact) mass is 301 g/mol. The molecule has 0 aliphatic heterocycles. The van der Waals surface area contributed by atoms with Crippen LogP contribution in [-0.4, -0.2) is 34.4 Å². The fourth-order valence-electron chi connectivity index (χ4n) is 3.24. The maximum atomic E-state index is 5.31. The van der Waals surface area contributed by atoms with Gasteiger partial charge < -0.3 is 10.1 Å². The maximum Gasteiger partial charge on any atom is 0.176 e. The van der Waals surface area contributed by atoms with Gasteiger partial charge in [0, 0.05) is 6.07 Å². The van der Waals surface area contributed by atoms with Crippen molar-refractivity contribution in [2.75, 3.05) is 14.2 Å². The Morgan fingerprint density at radius 1 is 1.32 bits per heavy atom. The van der Waals surface area contributed by atoms with Gasteiger partial charge in [-0.3, -0.25) is 0 Å². The van der Waals surface area contributed by atoms with Crippen LogP contribution < -0.4 is 10.1 Å². The van der Waals surface area contributed by atoms with Gasteiger partial charge in [0.2, 0.25) is 0 Å². The molecule has 0 unspecified atom stereocenters. The van der Waals surface area contributed by atoms with Crippen LogP contribution in [0.5, 0.6) is 5.75 Å². The Bertz CT molecular complexity index is 631. The van der Waals surface area contributed by atoms with Crippen molar-refractivity contribution in [3.8, 4) is 11.4 Å². The number of hydrogen-bond acceptors (Lipinski definition) is 5. The van der Waals surface area contributed by atoms with Gasteiger partial charge in [0.05, 0.1) is 18.3 Å². The van der Waals surface area contributed by atoms with Crippen LogP contribution in [0.25, 0.3) is 5.69 Å². The summed E-state index contributed by atoms with van der Waals surface area (Å²) in [4.78, 5) is 0. The van der Waals surface area contributed by atoms with E-state index in [4.69, 9.17) is 4.74 Å². The zero-order chi connectivity index (χ0) is 15.6. The second kappa shape index (κ2) is 6.04. The van der Waals surface area contributed by atoms with Gasteiger partial charge in [0.25, 0.3) is 0 Å². The van der Waals surface area contributed by atoms with E-state index < -0.39 is 0 Å². The number of hydrogen-bond donors (Lipinski definition) is 1. The lowest BCUT2D eigenvalue weighted by Crippen LogP contribution is -2.45. The first-order valence-corrected chi connectivity index (χ1v) is 7.81. The fourth-order valence-corrected chi connectivity index (χ4v) is 3.24. The number of benzene rings is 1. The standard InChI is InChI=1S/C16H23N5O/c1-12-7-9-16(17-2,10-8-12)15-18-19-20-21(15)13-5-4-6-14(11-13)22-3/h4-6,11-12,17H,7-10H2,1-3H3. The van der Waals surface area contributed by atoms with E-state index in [0.717, 1.165) is 36.0 Å². The number of ether oxygens (including phenoxy) is 1. The molecule has 0 spiro atoms. The van der Waals surface area contributed by atoms with Crippen LogP contribution in [0, 0.1) is 5.92 Å². The van der Waals surface area contributed by atoms with Crippen LogP contribution in [-0.2, 0) is 5.54 Å². The van der Waals surface area contributed by atoms with Crippen molar-refractivity contribution in [3.63, 3.8) is 0 Å². The molecule has 0 bridgehead atoms. The van der Waals surface area contributed by atoms with Crippen LogP contribution in [0.3, 0.4) is 0 Å². The molecule has 22 heavy (non-hydrogen) atoms. The van der Waals surface area contributed by atoms with Crippen molar-refractivity contribution in [2.24, 2.45) is 5.92 Å². The quantitative estimate of drug-likeness (QED) is 0.938. The first-order valence-electron chi connectivity index (χ1n) is 7.81. The summed E-state index contributed by atoms with van der Waals surface area (Å²) in [6.45, 7) is 2.31. The Balaban J connectivity index is 2.00. The third-order valence-electron chi connectivity index (χ3n) is 4.80. The molecule has 0 amide bonds. The number of rotatable bonds is 4. The molecule has 1 aliphatic rings. The normalized spacial score (nSPS) is 25.1. The second-order valence-corrected chi connectivity index (χ2v) is 6.13. The molecule has 118 valence electrons. The molecule has 0 radical (unpaired) electrons. The molecule has 6 nitrogen and oxygen atoms in total. The summed E-state index contributed by atoms with van der Waals surface area (Å²) in [5.74, 6) is 2.45. The van der Waals surface area contributed by atoms with Crippen LogP contribution in [0.4, 0.5) is 0 Å². The van der Waals surface area contributed by atoms with Gasteiger partial charge in [0.1, 0.15) is 5.75 Å². The summed E-state index contributed by atoms with van der Waals surface area (Å²) in [6, 6.07) is 7.82. The van der Waals surface area contributed by atoms with Gasteiger partial charge in [-0.05, 0) is 61.2 Å². The summed E-state index contributed by atoms with van der Waals surface area (Å²) in [7, 11) is 3.66. The molecule has 0 saturated heterocycles. The largest absolute Gasteiger partial charge is 0.497 e. The maximum absolute atomic E-state index is 5.31. The van der Waals surface area contributed by atoms with Crippen molar-refractivity contribution in [2.45, 2.75) is 38.1 Å². The molecule has 3 rings (SSSR count). The van der Waals surface area contributed by atoms with E-state index in [-0.39, 0.29) is 5.54 Å². The molecule has 1 aromatic heterocycles.